The van der Waals surface area contributed by atoms with E-state index in [1.807, 2.05) is 31.2 Å². The van der Waals surface area contributed by atoms with Crippen molar-refractivity contribution in [2.45, 2.75) is 13.3 Å². The lowest BCUT2D eigenvalue weighted by Crippen LogP contribution is -2.00. The first kappa shape index (κ1) is 14.0. The Labute approximate surface area is 133 Å². The predicted octanol–water partition coefficient (Wildman–Crippen LogP) is 4.80. The first-order valence-electron chi connectivity index (χ1n) is 5.34. The second-order valence-corrected chi connectivity index (χ2v) is 6.01. The maximum atomic E-state index is 5.93. The molecule has 2 rings (SSSR count). The summed E-state index contributed by atoms with van der Waals surface area (Å²) in [5.41, 5.74) is 0.979. The van der Waals surface area contributed by atoms with Crippen LogP contribution in [0.15, 0.2) is 28.9 Å². The minimum Gasteiger partial charge on any atom is -0.339 e. The van der Waals surface area contributed by atoms with Crippen molar-refractivity contribution in [1.82, 2.24) is 9.97 Å². The van der Waals surface area contributed by atoms with Crippen molar-refractivity contribution in [2.75, 3.05) is 5.32 Å². The number of rotatable bonds is 3. The lowest BCUT2D eigenvalue weighted by molar-refractivity contribution is 0.931. The van der Waals surface area contributed by atoms with E-state index in [1.165, 1.54) is 0 Å². The van der Waals surface area contributed by atoms with E-state index in [0.717, 1.165) is 36.9 Å². The van der Waals surface area contributed by atoms with Crippen LogP contribution in [0.2, 0.25) is 5.02 Å². The van der Waals surface area contributed by atoms with Gasteiger partial charge in [0.05, 0.1) is 5.69 Å². The predicted molar refractivity (Wildman–Crippen MR) is 86.6 cm³/mol. The van der Waals surface area contributed by atoms with E-state index in [1.54, 1.807) is 0 Å². The summed E-state index contributed by atoms with van der Waals surface area (Å²) in [5.74, 6) is 1.57. The van der Waals surface area contributed by atoms with Crippen LogP contribution < -0.4 is 5.32 Å². The van der Waals surface area contributed by atoms with Crippen LogP contribution in [0, 0.1) is 3.57 Å². The number of anilines is 2. The molecule has 0 aliphatic heterocycles. The molecule has 1 aromatic carbocycles. The quantitative estimate of drug-likeness (QED) is 0.553. The number of nitrogens with one attached hydrogen (secondary N) is 1. The average molecular weight is 438 g/mol. The summed E-state index contributed by atoms with van der Waals surface area (Å²) in [6, 6.07) is 7.54. The summed E-state index contributed by atoms with van der Waals surface area (Å²) in [5, 5.41) is 3.99. The number of halogens is 3. The van der Waals surface area contributed by atoms with Crippen molar-refractivity contribution < 1.29 is 0 Å². The number of aromatic nitrogens is 2. The van der Waals surface area contributed by atoms with Gasteiger partial charge in [-0.3, -0.25) is 0 Å². The van der Waals surface area contributed by atoms with Crippen molar-refractivity contribution in [3.8, 4) is 0 Å². The molecule has 0 spiro atoms. The molecule has 18 heavy (non-hydrogen) atoms. The molecule has 0 fully saturated rings. The summed E-state index contributed by atoms with van der Waals surface area (Å²) in [6.07, 6.45) is 0.797. The summed E-state index contributed by atoms with van der Waals surface area (Å²) in [7, 11) is 0. The van der Waals surface area contributed by atoms with Crippen LogP contribution in [-0.4, -0.2) is 9.97 Å². The Balaban J connectivity index is 2.30. The number of nitrogens with zero attached hydrogens (tertiary/aromatic N) is 2. The van der Waals surface area contributed by atoms with Gasteiger partial charge in [0, 0.05) is 21.1 Å². The van der Waals surface area contributed by atoms with Crippen molar-refractivity contribution in [3.63, 3.8) is 0 Å². The summed E-state index contributed by atoms with van der Waals surface area (Å²) < 4.78 is 1.83. The largest absolute Gasteiger partial charge is 0.339 e. The van der Waals surface area contributed by atoms with Crippen molar-refractivity contribution in [1.29, 1.82) is 0 Å². The van der Waals surface area contributed by atoms with E-state index in [-0.39, 0.29) is 0 Å². The molecule has 0 saturated heterocycles. The van der Waals surface area contributed by atoms with Crippen LogP contribution in [0.3, 0.4) is 0 Å². The van der Waals surface area contributed by atoms with Gasteiger partial charge in [0.2, 0.25) is 0 Å². The Morgan fingerprint density at radius 1 is 1.33 bits per heavy atom. The van der Waals surface area contributed by atoms with Crippen LogP contribution in [0.1, 0.15) is 12.7 Å². The molecule has 0 unspecified atom stereocenters. The van der Waals surface area contributed by atoms with E-state index in [9.17, 15) is 0 Å². The van der Waals surface area contributed by atoms with Gasteiger partial charge < -0.3 is 5.32 Å². The van der Waals surface area contributed by atoms with Gasteiger partial charge in [-0.15, -0.1) is 0 Å². The molecule has 2 aromatic rings. The zero-order valence-corrected chi connectivity index (χ0v) is 14.0. The van der Waals surface area contributed by atoms with E-state index in [0.29, 0.717) is 0 Å². The zero-order chi connectivity index (χ0) is 13.1. The van der Waals surface area contributed by atoms with Crippen LogP contribution in [0.4, 0.5) is 11.5 Å². The van der Waals surface area contributed by atoms with Gasteiger partial charge in [-0.2, -0.15) is 0 Å². The Hall–Kier alpha value is -0.400. The van der Waals surface area contributed by atoms with Crippen molar-refractivity contribution >= 4 is 61.6 Å². The van der Waals surface area contributed by atoms with E-state index in [2.05, 4.69) is 53.8 Å². The third kappa shape index (κ3) is 3.55. The molecular formula is C12H10BrClIN3. The molecule has 94 valence electrons. The Kier molecular flexibility index (Phi) is 4.80. The topological polar surface area (TPSA) is 37.8 Å². The first-order chi connectivity index (χ1) is 8.58. The SMILES string of the molecule is CCc1nc(Br)cc(Nc2ccc(Cl)cc2I)n1. The Bertz CT molecular complexity index is 577. The van der Waals surface area contributed by atoms with Crippen LogP contribution in [-0.2, 0) is 6.42 Å². The van der Waals surface area contributed by atoms with Crippen molar-refractivity contribution in [2.24, 2.45) is 0 Å². The normalized spacial score (nSPS) is 10.4. The molecule has 0 aliphatic carbocycles. The standard InChI is InChI=1S/C12H10BrClIN3/c1-2-11-17-10(13)6-12(18-11)16-9-4-3-7(14)5-8(9)15/h3-6H,2H2,1H3,(H,16,17,18). The second kappa shape index (κ2) is 6.16. The third-order valence-corrected chi connectivity index (χ3v) is 3.79. The molecule has 0 bridgehead atoms. The highest BCUT2D eigenvalue weighted by Gasteiger charge is 2.05. The van der Waals surface area contributed by atoms with Gasteiger partial charge in [0.1, 0.15) is 16.2 Å². The molecule has 3 nitrogen and oxygen atoms in total. The van der Waals surface area contributed by atoms with E-state index >= 15 is 0 Å². The minimum absolute atomic E-state index is 0.725. The van der Waals surface area contributed by atoms with Gasteiger partial charge in [-0.05, 0) is 56.7 Å². The number of aryl methyl sites for hydroxylation is 1. The molecule has 0 aliphatic rings. The fourth-order valence-corrected chi connectivity index (χ4v) is 2.84. The summed E-state index contributed by atoms with van der Waals surface area (Å²) in [6.45, 7) is 2.03. The van der Waals surface area contributed by atoms with Gasteiger partial charge in [0.25, 0.3) is 0 Å². The summed E-state index contributed by atoms with van der Waals surface area (Å²) in [4.78, 5) is 8.70. The molecule has 0 radical (unpaired) electrons. The fraction of sp³-hybridized carbons (Fsp3) is 0.167. The monoisotopic (exact) mass is 437 g/mol. The number of hydrogen-bond acceptors (Lipinski definition) is 3. The lowest BCUT2D eigenvalue weighted by atomic mass is 10.3. The van der Waals surface area contributed by atoms with Crippen LogP contribution in [0.5, 0.6) is 0 Å². The molecule has 1 heterocycles. The molecular weight excluding hydrogens is 428 g/mol. The van der Waals surface area contributed by atoms with Crippen molar-refractivity contribution in [3.05, 3.63) is 43.3 Å². The molecule has 1 aromatic heterocycles. The molecule has 0 amide bonds. The lowest BCUT2D eigenvalue weighted by Gasteiger charge is -2.09. The minimum atomic E-state index is 0.725. The van der Waals surface area contributed by atoms with Gasteiger partial charge >= 0.3 is 0 Å². The fourth-order valence-electron chi connectivity index (χ4n) is 1.42. The Morgan fingerprint density at radius 2 is 2.11 bits per heavy atom. The van der Waals surface area contributed by atoms with E-state index in [4.69, 9.17) is 11.6 Å². The number of hydrogen-bond donors (Lipinski definition) is 1. The highest BCUT2D eigenvalue weighted by atomic mass is 127. The molecule has 0 atom stereocenters. The zero-order valence-electron chi connectivity index (χ0n) is 9.54. The first-order valence-corrected chi connectivity index (χ1v) is 7.59. The third-order valence-electron chi connectivity index (χ3n) is 2.25. The van der Waals surface area contributed by atoms with Gasteiger partial charge in [0.15, 0.2) is 0 Å². The smallest absolute Gasteiger partial charge is 0.135 e. The van der Waals surface area contributed by atoms with Crippen LogP contribution in [0.25, 0.3) is 0 Å². The van der Waals surface area contributed by atoms with Gasteiger partial charge in [-0.1, -0.05) is 18.5 Å². The highest BCUT2D eigenvalue weighted by Crippen LogP contribution is 2.25. The summed E-state index contributed by atoms with van der Waals surface area (Å²) >= 11 is 11.5. The molecule has 1 N–H and O–H groups in total. The average Bonchev–Trinajstić information content (AvgIpc) is 2.32. The second-order valence-electron chi connectivity index (χ2n) is 3.59. The van der Waals surface area contributed by atoms with Crippen LogP contribution >= 0.6 is 50.1 Å². The number of benzene rings is 1. The maximum Gasteiger partial charge on any atom is 0.135 e. The highest BCUT2D eigenvalue weighted by molar-refractivity contribution is 14.1. The Morgan fingerprint density at radius 3 is 2.78 bits per heavy atom. The van der Waals surface area contributed by atoms with Gasteiger partial charge in [-0.25, -0.2) is 9.97 Å². The molecule has 0 saturated carbocycles. The van der Waals surface area contributed by atoms with E-state index < -0.39 is 0 Å². The molecule has 6 heteroatoms. The maximum absolute atomic E-state index is 5.93.